The third kappa shape index (κ3) is 64.9. The van der Waals surface area contributed by atoms with Gasteiger partial charge in [-0.25, -0.2) is 0 Å². The molecule has 0 radical (unpaired) electrons. The first-order valence-electron chi connectivity index (χ1n) is 41.9. The maximum absolute atomic E-state index is 4.34. The normalized spacial score (nSPS) is 12.9. The molecule has 89 heavy (non-hydrogen) atoms. The first kappa shape index (κ1) is 87.4. The van der Waals surface area contributed by atoms with Crippen molar-refractivity contribution in [2.75, 3.05) is 0 Å². The van der Waals surface area contributed by atoms with Crippen LogP contribution in [0.4, 0.5) is 0 Å². The predicted molar refractivity (Wildman–Crippen MR) is 412 cm³/mol. The molecule has 1 unspecified atom stereocenters. The summed E-state index contributed by atoms with van der Waals surface area (Å²) in [6.45, 7) is 21.5. The van der Waals surface area contributed by atoms with Crippen LogP contribution in [0, 0.1) is 5.41 Å². The van der Waals surface area contributed by atoms with Gasteiger partial charge in [0.25, 0.3) is 0 Å². The van der Waals surface area contributed by atoms with Crippen LogP contribution >= 0.6 is 0 Å². The van der Waals surface area contributed by atoms with Crippen LogP contribution in [0.3, 0.4) is 0 Å². The molecule has 0 aromatic heterocycles. The second-order valence-corrected chi connectivity index (χ2v) is 29.5. The van der Waals surface area contributed by atoms with Gasteiger partial charge in [0.2, 0.25) is 0 Å². The Morgan fingerprint density at radius 2 is 0.494 bits per heavy atom. The average molecular weight is 1240 g/mol. The van der Waals surface area contributed by atoms with Gasteiger partial charge in [-0.05, 0) is 160 Å². The van der Waals surface area contributed by atoms with E-state index in [0.717, 1.165) is 0 Å². The largest absolute Gasteiger partial charge is 0.103 e. The molecule has 0 heterocycles. The Morgan fingerprint density at radius 3 is 0.843 bits per heavy atom. The van der Waals surface area contributed by atoms with Crippen LogP contribution in [-0.4, -0.2) is 0 Å². The molecule has 0 aromatic carbocycles. The standard InChI is InChI=1S/C89H168/c1-8-14-19-24-28-32-35-38-40-42-45-48-52-56-65-74-84-89(83-73-64-55-51-47-44-37-34-30-26-21-16-10-3,85-75-66-57-53-49-46-43-41-39-36-33-29-25-20-15-9-2)88(81-71-23-18-12-5)82-72-63-62-70-80-87(78-68-60-54-50-31-27-22-17-11-4)79-69-61-58-59-67-77-86(7)76-13-6/h8,10,39,41,78,82H,1,3,7,9,11-38,40,42-77,79-81,83-85H2,2,4-6H3. The lowest BCUT2D eigenvalue weighted by atomic mass is 9.67. The number of unbranched alkanes of at least 4 members (excludes halogenated alkanes) is 55. The van der Waals surface area contributed by atoms with Crippen molar-refractivity contribution in [3.8, 4) is 0 Å². The fourth-order valence-corrected chi connectivity index (χ4v) is 14.7. The summed E-state index contributed by atoms with van der Waals surface area (Å²) in [5, 5.41) is 0. The van der Waals surface area contributed by atoms with Crippen LogP contribution < -0.4 is 0 Å². The second-order valence-electron chi connectivity index (χ2n) is 29.5. The molecule has 0 nitrogen and oxygen atoms in total. The lowest BCUT2D eigenvalue weighted by molar-refractivity contribution is 0.236. The Kier molecular flexibility index (Phi) is 74.1. The molecular formula is C89H168. The fourth-order valence-electron chi connectivity index (χ4n) is 14.7. The van der Waals surface area contributed by atoms with E-state index in [-0.39, 0.29) is 0 Å². The maximum Gasteiger partial charge on any atom is -0.00881 e. The van der Waals surface area contributed by atoms with Crippen LogP contribution in [-0.2, 0) is 0 Å². The third-order valence-corrected chi connectivity index (χ3v) is 20.7. The van der Waals surface area contributed by atoms with Crippen molar-refractivity contribution in [3.05, 3.63) is 72.9 Å². The van der Waals surface area contributed by atoms with Crippen molar-refractivity contribution in [1.82, 2.24) is 0 Å². The molecule has 0 N–H and O–H groups in total. The molecule has 524 valence electrons. The molecule has 0 rings (SSSR count). The van der Waals surface area contributed by atoms with Gasteiger partial charge in [-0.1, -0.05) is 396 Å². The van der Waals surface area contributed by atoms with E-state index in [1.54, 1.807) is 0 Å². The SMILES string of the molecule is C=CCCCCCCCCCCCCCCCCC(CCCCCCCCC=CCCCCCCCC)(CCCCCCCCCCCCCC=C)C(=CCCCCCC(=CCCCCCCCCCC)CCCCCCCC(=C)CCC)CCCCCC. The van der Waals surface area contributed by atoms with Crippen molar-refractivity contribution < 1.29 is 0 Å². The third-order valence-electron chi connectivity index (χ3n) is 20.7. The molecule has 0 heteroatoms. The Hall–Kier alpha value is -1.56. The highest BCUT2D eigenvalue weighted by molar-refractivity contribution is 5.16. The lowest BCUT2D eigenvalue weighted by Crippen LogP contribution is -2.25. The topological polar surface area (TPSA) is 0 Å². The Balaban J connectivity index is 6.18. The molecule has 0 aliphatic rings. The number of hydrogen-bond donors (Lipinski definition) is 0. The van der Waals surface area contributed by atoms with Gasteiger partial charge in [0.15, 0.2) is 0 Å². The predicted octanol–water partition coefficient (Wildman–Crippen LogP) is 33.5. The van der Waals surface area contributed by atoms with Gasteiger partial charge in [-0.2, -0.15) is 0 Å². The molecule has 0 spiro atoms. The van der Waals surface area contributed by atoms with Crippen molar-refractivity contribution in [1.29, 1.82) is 0 Å². The van der Waals surface area contributed by atoms with Crippen molar-refractivity contribution >= 4 is 0 Å². The molecule has 0 saturated carbocycles. The first-order valence-corrected chi connectivity index (χ1v) is 41.9. The monoisotopic (exact) mass is 1240 g/mol. The Bertz CT molecular complexity index is 1480. The van der Waals surface area contributed by atoms with Crippen LogP contribution in [0.1, 0.15) is 490 Å². The van der Waals surface area contributed by atoms with Crippen molar-refractivity contribution in [2.45, 2.75) is 490 Å². The summed E-state index contributed by atoms with van der Waals surface area (Å²) in [5.41, 5.74) is 5.69. The highest BCUT2D eigenvalue weighted by Gasteiger charge is 2.32. The van der Waals surface area contributed by atoms with Crippen LogP contribution in [0.2, 0.25) is 0 Å². The minimum absolute atomic E-state index is 0.430. The molecule has 0 aliphatic carbocycles. The summed E-state index contributed by atoms with van der Waals surface area (Å²) in [6, 6.07) is 0. The molecule has 0 aliphatic heterocycles. The quantitative estimate of drug-likeness (QED) is 0.0421. The first-order chi connectivity index (χ1) is 44.0. The van der Waals surface area contributed by atoms with E-state index in [9.17, 15) is 0 Å². The van der Waals surface area contributed by atoms with Crippen LogP contribution in [0.5, 0.6) is 0 Å². The number of hydrogen-bond acceptors (Lipinski definition) is 0. The van der Waals surface area contributed by atoms with Crippen molar-refractivity contribution in [2.24, 2.45) is 5.41 Å². The van der Waals surface area contributed by atoms with Gasteiger partial charge in [0.1, 0.15) is 0 Å². The van der Waals surface area contributed by atoms with Crippen molar-refractivity contribution in [3.63, 3.8) is 0 Å². The highest BCUT2D eigenvalue weighted by atomic mass is 14.4. The summed E-state index contributed by atoms with van der Waals surface area (Å²) in [7, 11) is 0. The van der Waals surface area contributed by atoms with E-state index < -0.39 is 0 Å². The number of rotatable bonds is 78. The zero-order valence-corrected chi connectivity index (χ0v) is 62.5. The molecule has 0 aromatic rings. The molecular weight excluding hydrogens is 1070 g/mol. The van der Waals surface area contributed by atoms with E-state index >= 15 is 0 Å². The van der Waals surface area contributed by atoms with E-state index in [1.807, 2.05) is 11.1 Å². The van der Waals surface area contributed by atoms with Crippen LogP contribution in [0.15, 0.2) is 72.9 Å². The Morgan fingerprint density at radius 1 is 0.236 bits per heavy atom. The van der Waals surface area contributed by atoms with Gasteiger partial charge >= 0.3 is 0 Å². The second kappa shape index (κ2) is 75.5. The summed E-state index contributed by atoms with van der Waals surface area (Å²) in [6.07, 6.45) is 116. The minimum Gasteiger partial charge on any atom is -0.103 e. The zero-order chi connectivity index (χ0) is 64.4. The van der Waals surface area contributed by atoms with Crippen LogP contribution in [0.25, 0.3) is 0 Å². The Labute approximate surface area is 565 Å². The van der Waals surface area contributed by atoms with Gasteiger partial charge in [-0.15, -0.1) is 13.2 Å². The molecule has 0 fully saturated rings. The fraction of sp³-hybridized carbons (Fsp3) is 0.865. The van der Waals surface area contributed by atoms with E-state index in [0.29, 0.717) is 5.41 Å². The van der Waals surface area contributed by atoms with Gasteiger partial charge in [0.05, 0.1) is 0 Å². The molecule has 0 saturated heterocycles. The summed E-state index contributed by atoms with van der Waals surface area (Å²) in [5.74, 6) is 0. The van der Waals surface area contributed by atoms with Gasteiger partial charge in [-0.3, -0.25) is 0 Å². The molecule has 0 amide bonds. The average Bonchev–Trinajstić information content (AvgIpc) is 1.85. The maximum atomic E-state index is 4.34. The van der Waals surface area contributed by atoms with E-state index in [2.05, 4.69) is 83.9 Å². The van der Waals surface area contributed by atoms with E-state index in [4.69, 9.17) is 0 Å². The van der Waals surface area contributed by atoms with Gasteiger partial charge in [0, 0.05) is 0 Å². The zero-order valence-electron chi connectivity index (χ0n) is 62.5. The number of allylic oxidation sites excluding steroid dienone is 9. The van der Waals surface area contributed by atoms with Gasteiger partial charge < -0.3 is 0 Å². The summed E-state index contributed by atoms with van der Waals surface area (Å²) >= 11 is 0. The summed E-state index contributed by atoms with van der Waals surface area (Å²) in [4.78, 5) is 0. The lowest BCUT2D eigenvalue weighted by Gasteiger charge is -2.38. The van der Waals surface area contributed by atoms with E-state index in [1.165, 1.54) is 468 Å². The summed E-state index contributed by atoms with van der Waals surface area (Å²) < 4.78 is 0. The molecule has 0 bridgehead atoms. The minimum atomic E-state index is 0.430. The highest BCUT2D eigenvalue weighted by Crippen LogP contribution is 2.46. The molecule has 1 atom stereocenters. The smallest absolute Gasteiger partial charge is 0.00881 e.